The van der Waals surface area contributed by atoms with E-state index < -0.39 is 41.3 Å². The highest BCUT2D eigenvalue weighted by atomic mass is 16.2. The van der Waals surface area contributed by atoms with Crippen molar-refractivity contribution in [1.29, 1.82) is 0 Å². The molecular weight excluding hydrogens is 428 g/mol. The molecule has 3 rings (SSSR count). The predicted molar refractivity (Wildman–Crippen MR) is 119 cm³/mol. The Bertz CT molecular complexity index is 909. The van der Waals surface area contributed by atoms with Crippen LogP contribution in [0.4, 0.5) is 9.59 Å². The van der Waals surface area contributed by atoms with E-state index in [1.807, 2.05) is 13.8 Å². The summed E-state index contributed by atoms with van der Waals surface area (Å²) in [6.07, 6.45) is 3.06. The Kier molecular flexibility index (Phi) is 6.71. The molecule has 5 N–H and O–H groups in total. The smallest absolute Gasteiger partial charge is 0.334 e. The molecule has 1 aliphatic carbocycles. The maximum Gasteiger partial charge on any atom is 0.334 e. The van der Waals surface area contributed by atoms with Gasteiger partial charge in [0.15, 0.2) is 0 Å². The third kappa shape index (κ3) is 4.28. The number of barbiturate groups is 1. The van der Waals surface area contributed by atoms with E-state index >= 15 is 0 Å². The van der Waals surface area contributed by atoms with Crippen LogP contribution in [0.15, 0.2) is 11.4 Å². The lowest BCUT2D eigenvalue weighted by Gasteiger charge is -2.44. The Morgan fingerprint density at radius 2 is 1.76 bits per heavy atom. The Morgan fingerprint density at radius 1 is 1.09 bits per heavy atom. The van der Waals surface area contributed by atoms with Crippen LogP contribution in [0.2, 0.25) is 0 Å². The summed E-state index contributed by atoms with van der Waals surface area (Å²) >= 11 is 0. The van der Waals surface area contributed by atoms with Gasteiger partial charge in [0, 0.05) is 19.1 Å². The second kappa shape index (κ2) is 9.03. The van der Waals surface area contributed by atoms with Crippen molar-refractivity contribution in [2.75, 3.05) is 13.1 Å². The maximum atomic E-state index is 13.2. The first-order chi connectivity index (χ1) is 15.4. The number of urea groups is 2. The third-order valence-electron chi connectivity index (χ3n) is 7.15. The van der Waals surface area contributed by atoms with Gasteiger partial charge >= 0.3 is 12.1 Å². The van der Waals surface area contributed by atoms with Gasteiger partial charge < -0.3 is 16.4 Å². The summed E-state index contributed by atoms with van der Waals surface area (Å²) in [6, 6.07) is -1.45. The van der Waals surface area contributed by atoms with Gasteiger partial charge in [-0.15, -0.1) is 0 Å². The molecule has 0 bridgehead atoms. The number of hydrogen-bond donors (Lipinski definition) is 3. The second-order valence-electron chi connectivity index (χ2n) is 9.73. The zero-order valence-electron chi connectivity index (χ0n) is 19.7. The van der Waals surface area contributed by atoms with Crippen LogP contribution in [0.1, 0.15) is 59.8 Å². The number of nitrogens with zero attached hydrogens (tertiary/aromatic N) is 3. The zero-order valence-corrected chi connectivity index (χ0v) is 19.7. The molecular formula is C22H34N6O5. The van der Waals surface area contributed by atoms with Gasteiger partial charge in [-0.3, -0.25) is 29.5 Å². The molecule has 1 saturated carbocycles. The highest BCUT2D eigenvalue weighted by molar-refractivity contribution is 6.29. The Labute approximate surface area is 193 Å². The molecule has 7 amide bonds. The second-order valence-corrected chi connectivity index (χ2v) is 9.73. The summed E-state index contributed by atoms with van der Waals surface area (Å²) in [5.41, 5.74) is 10.0. The number of hydrogen-bond acceptors (Lipinski definition) is 7. The van der Waals surface area contributed by atoms with Crippen LogP contribution in [0, 0.1) is 11.8 Å². The predicted octanol–water partition coefficient (Wildman–Crippen LogP) is 0.842. The highest BCUT2D eigenvalue weighted by Gasteiger charge is 2.49. The average molecular weight is 463 g/mol. The molecule has 11 heteroatoms. The number of carbonyl (C=O) groups excluding carboxylic acids is 5. The molecule has 0 aromatic heterocycles. The van der Waals surface area contributed by atoms with E-state index in [2.05, 4.69) is 5.32 Å². The molecule has 3 fully saturated rings. The molecule has 11 nitrogen and oxygen atoms in total. The maximum absolute atomic E-state index is 13.2. The van der Waals surface area contributed by atoms with Gasteiger partial charge in [-0.1, -0.05) is 20.3 Å². The van der Waals surface area contributed by atoms with Gasteiger partial charge in [0.1, 0.15) is 16.9 Å². The van der Waals surface area contributed by atoms with E-state index in [4.69, 9.17) is 11.5 Å². The van der Waals surface area contributed by atoms with Crippen LogP contribution in [0.3, 0.4) is 0 Å². The van der Waals surface area contributed by atoms with Crippen molar-refractivity contribution in [3.8, 4) is 0 Å². The number of imide groups is 3. The SMILES string of the molecule is CCCCN1C(=O)C(=C(N)N)C(=O)N(C2CCC(CN3C(=O)NC(=O)C3(C)C)C(C)C2)C1=O. The largest absolute Gasteiger partial charge is 0.385 e. The third-order valence-corrected chi connectivity index (χ3v) is 7.15. The summed E-state index contributed by atoms with van der Waals surface area (Å²) in [5, 5.41) is 2.36. The first kappa shape index (κ1) is 24.5. The first-order valence-corrected chi connectivity index (χ1v) is 11.5. The van der Waals surface area contributed by atoms with Crippen molar-refractivity contribution in [3.63, 3.8) is 0 Å². The molecule has 2 saturated heterocycles. The van der Waals surface area contributed by atoms with Crippen LogP contribution in [-0.2, 0) is 14.4 Å². The summed E-state index contributed by atoms with van der Waals surface area (Å²) < 4.78 is 0. The normalized spacial score (nSPS) is 28.0. The zero-order chi connectivity index (χ0) is 24.7. The van der Waals surface area contributed by atoms with Crippen molar-refractivity contribution in [3.05, 3.63) is 11.4 Å². The number of nitrogens with two attached hydrogens (primary N) is 2. The van der Waals surface area contributed by atoms with Crippen LogP contribution >= 0.6 is 0 Å². The summed E-state index contributed by atoms with van der Waals surface area (Å²) in [4.78, 5) is 67.0. The van der Waals surface area contributed by atoms with Crippen LogP contribution in [0.5, 0.6) is 0 Å². The van der Waals surface area contributed by atoms with E-state index in [0.29, 0.717) is 32.2 Å². The van der Waals surface area contributed by atoms with E-state index in [1.165, 1.54) is 0 Å². The number of rotatable bonds is 6. The molecule has 2 aliphatic heterocycles. The lowest BCUT2D eigenvalue weighted by Crippen LogP contribution is -2.61. The van der Waals surface area contributed by atoms with Crippen LogP contribution in [0.25, 0.3) is 0 Å². The Hall–Kier alpha value is -3.11. The number of nitrogens with one attached hydrogen (secondary N) is 1. The van der Waals surface area contributed by atoms with Crippen molar-refractivity contribution >= 4 is 29.8 Å². The van der Waals surface area contributed by atoms with Gasteiger partial charge in [0.25, 0.3) is 17.7 Å². The van der Waals surface area contributed by atoms with Crippen LogP contribution in [-0.4, -0.2) is 69.2 Å². The fourth-order valence-electron chi connectivity index (χ4n) is 4.91. The first-order valence-electron chi connectivity index (χ1n) is 11.5. The number of carbonyl (C=O) groups is 5. The standard InChI is InChI=1S/C22H34N6O5/c1-5-6-9-26-17(29)15(16(23)24)18(30)28(21(26)33)14-8-7-13(12(2)10-14)11-27-20(32)25-19(31)22(27,3)4/h12-14H,5-11,23-24H2,1-4H3,(H,25,31,32). The molecule has 0 radical (unpaired) electrons. The lowest BCUT2D eigenvalue weighted by molar-refractivity contribution is -0.138. The Balaban J connectivity index is 1.77. The van der Waals surface area contributed by atoms with E-state index in [1.54, 1.807) is 18.7 Å². The molecule has 3 aliphatic rings. The minimum atomic E-state index is -0.926. The van der Waals surface area contributed by atoms with Crippen LogP contribution < -0.4 is 16.8 Å². The average Bonchev–Trinajstić information content (AvgIpc) is 2.90. The molecule has 2 heterocycles. The summed E-state index contributed by atoms with van der Waals surface area (Å²) in [5.74, 6) is -2.05. The minimum Gasteiger partial charge on any atom is -0.385 e. The Morgan fingerprint density at radius 3 is 2.27 bits per heavy atom. The minimum absolute atomic E-state index is 0.0630. The fraction of sp³-hybridized carbons (Fsp3) is 0.682. The topological polar surface area (TPSA) is 159 Å². The summed E-state index contributed by atoms with van der Waals surface area (Å²) in [7, 11) is 0. The summed E-state index contributed by atoms with van der Waals surface area (Å²) in [6.45, 7) is 7.96. The molecule has 0 spiro atoms. The van der Waals surface area contributed by atoms with Gasteiger partial charge in [-0.25, -0.2) is 9.59 Å². The molecule has 3 unspecified atom stereocenters. The molecule has 0 aromatic rings. The molecule has 3 atom stereocenters. The quantitative estimate of drug-likeness (QED) is 0.300. The van der Waals surface area contributed by atoms with Crippen molar-refractivity contribution < 1.29 is 24.0 Å². The van der Waals surface area contributed by atoms with Gasteiger partial charge in [-0.05, 0) is 51.4 Å². The lowest BCUT2D eigenvalue weighted by atomic mass is 9.76. The van der Waals surface area contributed by atoms with E-state index in [9.17, 15) is 24.0 Å². The highest BCUT2D eigenvalue weighted by Crippen LogP contribution is 2.37. The van der Waals surface area contributed by atoms with Crippen molar-refractivity contribution in [2.24, 2.45) is 23.3 Å². The van der Waals surface area contributed by atoms with E-state index in [-0.39, 0.29) is 29.9 Å². The number of unbranched alkanes of at least 4 members (excludes halogenated alkanes) is 1. The van der Waals surface area contributed by atoms with Gasteiger partial charge in [-0.2, -0.15) is 0 Å². The van der Waals surface area contributed by atoms with E-state index in [0.717, 1.165) is 16.2 Å². The molecule has 0 aromatic carbocycles. The monoisotopic (exact) mass is 462 g/mol. The van der Waals surface area contributed by atoms with Gasteiger partial charge in [0.05, 0.1) is 0 Å². The van der Waals surface area contributed by atoms with Crippen molar-refractivity contribution in [2.45, 2.75) is 71.4 Å². The number of amides is 7. The van der Waals surface area contributed by atoms with Gasteiger partial charge in [0.2, 0.25) is 0 Å². The van der Waals surface area contributed by atoms with Crippen molar-refractivity contribution in [1.82, 2.24) is 20.0 Å². The fourth-order valence-corrected chi connectivity index (χ4v) is 4.91. The molecule has 33 heavy (non-hydrogen) atoms. The molecule has 182 valence electrons.